The first-order chi connectivity index (χ1) is 11.5. The minimum absolute atomic E-state index is 0.111. The van der Waals surface area contributed by atoms with E-state index in [1.54, 1.807) is 11.0 Å². The van der Waals surface area contributed by atoms with E-state index in [1.165, 1.54) is 0 Å². The van der Waals surface area contributed by atoms with E-state index in [9.17, 15) is 19.5 Å². The molecule has 0 saturated carbocycles. The zero-order valence-electron chi connectivity index (χ0n) is 14.0. The summed E-state index contributed by atoms with van der Waals surface area (Å²) in [5, 5.41) is 9.20. The number of rotatable bonds is 2. The van der Waals surface area contributed by atoms with Crippen LogP contribution in [0.15, 0.2) is 10.9 Å². The first kappa shape index (κ1) is 16.7. The van der Waals surface area contributed by atoms with Gasteiger partial charge in [0.1, 0.15) is 5.56 Å². The van der Waals surface area contributed by atoms with Gasteiger partial charge in [-0.1, -0.05) is 13.3 Å². The molecule has 1 fully saturated rings. The summed E-state index contributed by atoms with van der Waals surface area (Å²) in [6.45, 7) is 2.61. The largest absolute Gasteiger partial charge is 0.481 e. The van der Waals surface area contributed by atoms with Crippen LogP contribution < -0.4 is 5.56 Å². The van der Waals surface area contributed by atoms with Crippen LogP contribution in [0.3, 0.4) is 0 Å². The maximum absolute atomic E-state index is 12.8. The summed E-state index contributed by atoms with van der Waals surface area (Å²) in [5.74, 6) is -1.61. The van der Waals surface area contributed by atoms with Gasteiger partial charge in [0.15, 0.2) is 0 Å². The number of hydrogen-bond acceptors (Lipinski definition) is 3. The third kappa shape index (κ3) is 3.23. The van der Waals surface area contributed by atoms with Gasteiger partial charge in [-0.2, -0.15) is 0 Å². The lowest BCUT2D eigenvalue weighted by atomic mass is 9.87. The standard InChI is InChI=1S/C18H24N2O4/c1-11-10-20(8-7-13(11)18(23)24)17(22)14-9-12-5-3-2-4-6-15(12)19-16(14)21/h9,11,13H,2-8,10H2,1H3,(H,19,21)(H,23,24). The molecular weight excluding hydrogens is 308 g/mol. The molecule has 6 nitrogen and oxygen atoms in total. The predicted octanol–water partition coefficient (Wildman–Crippen LogP) is 1.83. The Morgan fingerprint density at radius 3 is 2.71 bits per heavy atom. The maximum Gasteiger partial charge on any atom is 0.306 e. The van der Waals surface area contributed by atoms with Gasteiger partial charge in [-0.15, -0.1) is 0 Å². The van der Waals surface area contributed by atoms with Crippen LogP contribution in [0.25, 0.3) is 0 Å². The number of carboxylic acids is 1. The average molecular weight is 332 g/mol. The summed E-state index contributed by atoms with van der Waals surface area (Å²) in [4.78, 5) is 40.8. The number of aryl methyl sites for hydroxylation is 2. The number of fused-ring (bicyclic) bond motifs is 1. The summed E-state index contributed by atoms with van der Waals surface area (Å²) in [6, 6.07) is 1.76. The van der Waals surface area contributed by atoms with Crippen LogP contribution >= 0.6 is 0 Å². The molecule has 2 atom stereocenters. The van der Waals surface area contributed by atoms with E-state index in [2.05, 4.69) is 4.98 Å². The number of amides is 1. The molecule has 2 unspecified atom stereocenters. The van der Waals surface area contributed by atoms with Gasteiger partial charge in [0.05, 0.1) is 5.92 Å². The van der Waals surface area contributed by atoms with Crippen molar-refractivity contribution < 1.29 is 14.7 Å². The summed E-state index contributed by atoms with van der Waals surface area (Å²) < 4.78 is 0. The van der Waals surface area contributed by atoms with Gasteiger partial charge in [0.25, 0.3) is 11.5 Å². The molecule has 1 saturated heterocycles. The lowest BCUT2D eigenvalue weighted by molar-refractivity contribution is -0.145. The Labute approximate surface area is 140 Å². The molecule has 1 amide bonds. The monoisotopic (exact) mass is 332 g/mol. The van der Waals surface area contributed by atoms with Crippen LogP contribution in [-0.4, -0.2) is 40.0 Å². The summed E-state index contributed by atoms with van der Waals surface area (Å²) in [5.41, 5.74) is 1.90. The Morgan fingerprint density at radius 2 is 2.00 bits per heavy atom. The molecular formula is C18H24N2O4. The predicted molar refractivity (Wildman–Crippen MR) is 89.1 cm³/mol. The smallest absolute Gasteiger partial charge is 0.306 e. The molecule has 0 bridgehead atoms. The zero-order valence-corrected chi connectivity index (χ0v) is 14.0. The minimum Gasteiger partial charge on any atom is -0.481 e. The fraction of sp³-hybridized carbons (Fsp3) is 0.611. The molecule has 2 aliphatic rings. The maximum atomic E-state index is 12.8. The number of pyridine rings is 1. The number of H-pyrrole nitrogens is 1. The minimum atomic E-state index is -0.808. The number of aliphatic carboxylic acids is 1. The van der Waals surface area contributed by atoms with E-state index in [-0.39, 0.29) is 22.9 Å². The van der Waals surface area contributed by atoms with Crippen molar-refractivity contribution >= 4 is 11.9 Å². The van der Waals surface area contributed by atoms with Gasteiger partial charge >= 0.3 is 5.97 Å². The number of carbonyl (C=O) groups excluding carboxylic acids is 1. The van der Waals surface area contributed by atoms with Crippen molar-refractivity contribution in [2.24, 2.45) is 11.8 Å². The summed E-state index contributed by atoms with van der Waals surface area (Å²) in [7, 11) is 0. The highest BCUT2D eigenvalue weighted by Crippen LogP contribution is 2.25. The van der Waals surface area contributed by atoms with Crippen LogP contribution in [0.5, 0.6) is 0 Å². The molecule has 1 aliphatic heterocycles. The third-order valence-corrected chi connectivity index (χ3v) is 5.33. The molecule has 0 spiro atoms. The van der Waals surface area contributed by atoms with Crippen LogP contribution in [-0.2, 0) is 17.6 Å². The second-order valence-corrected chi connectivity index (χ2v) is 7.04. The SMILES string of the molecule is CC1CN(C(=O)c2cc3c([nH]c2=O)CCCCC3)CCC1C(=O)O. The van der Waals surface area contributed by atoms with E-state index in [0.29, 0.717) is 19.5 Å². The van der Waals surface area contributed by atoms with Crippen molar-refractivity contribution in [2.75, 3.05) is 13.1 Å². The number of carboxylic acid groups (broad SMARTS) is 1. The van der Waals surface area contributed by atoms with Gasteiger partial charge in [0, 0.05) is 18.8 Å². The van der Waals surface area contributed by atoms with Gasteiger partial charge in [0.2, 0.25) is 0 Å². The summed E-state index contributed by atoms with van der Waals surface area (Å²) in [6.07, 6.45) is 5.47. The van der Waals surface area contributed by atoms with E-state index in [1.807, 2.05) is 6.92 Å². The van der Waals surface area contributed by atoms with E-state index in [4.69, 9.17) is 0 Å². The van der Waals surface area contributed by atoms with Crippen LogP contribution in [0.4, 0.5) is 0 Å². The first-order valence-corrected chi connectivity index (χ1v) is 8.74. The Bertz CT molecular complexity index is 709. The highest BCUT2D eigenvalue weighted by Gasteiger charge is 2.34. The zero-order chi connectivity index (χ0) is 17.3. The topological polar surface area (TPSA) is 90.5 Å². The number of nitrogens with zero attached hydrogens (tertiary/aromatic N) is 1. The molecule has 2 N–H and O–H groups in total. The molecule has 2 heterocycles. The number of hydrogen-bond donors (Lipinski definition) is 2. The van der Waals surface area contributed by atoms with Crippen molar-refractivity contribution in [1.82, 2.24) is 9.88 Å². The highest BCUT2D eigenvalue weighted by molar-refractivity contribution is 5.94. The number of piperidine rings is 1. The van der Waals surface area contributed by atoms with E-state index in [0.717, 1.165) is 43.4 Å². The molecule has 6 heteroatoms. The molecule has 130 valence electrons. The molecule has 1 aromatic heterocycles. The third-order valence-electron chi connectivity index (χ3n) is 5.33. The number of aromatic nitrogens is 1. The Kier molecular flexibility index (Phi) is 4.73. The fourth-order valence-electron chi connectivity index (χ4n) is 3.88. The van der Waals surface area contributed by atoms with Crippen molar-refractivity contribution in [3.63, 3.8) is 0 Å². The van der Waals surface area contributed by atoms with Gasteiger partial charge in [-0.25, -0.2) is 0 Å². The highest BCUT2D eigenvalue weighted by atomic mass is 16.4. The first-order valence-electron chi connectivity index (χ1n) is 8.74. The average Bonchev–Trinajstić information content (AvgIpc) is 2.77. The molecule has 1 aromatic rings. The lowest BCUT2D eigenvalue weighted by Crippen LogP contribution is -2.46. The van der Waals surface area contributed by atoms with Crippen LogP contribution in [0, 0.1) is 11.8 Å². The van der Waals surface area contributed by atoms with Gasteiger partial charge in [-0.05, 0) is 49.7 Å². The Morgan fingerprint density at radius 1 is 1.25 bits per heavy atom. The molecule has 0 radical (unpaired) electrons. The normalized spacial score (nSPS) is 24.1. The fourth-order valence-corrected chi connectivity index (χ4v) is 3.88. The van der Waals surface area contributed by atoms with Crippen molar-refractivity contribution in [3.8, 4) is 0 Å². The number of likely N-dealkylation sites (tertiary alicyclic amines) is 1. The van der Waals surface area contributed by atoms with Crippen molar-refractivity contribution in [1.29, 1.82) is 0 Å². The van der Waals surface area contributed by atoms with Crippen LogP contribution in [0.1, 0.15) is 54.2 Å². The number of nitrogens with one attached hydrogen (secondary N) is 1. The molecule has 3 rings (SSSR count). The number of aromatic amines is 1. The Hall–Kier alpha value is -2.11. The van der Waals surface area contributed by atoms with Crippen molar-refractivity contribution in [3.05, 3.63) is 33.2 Å². The number of carbonyl (C=O) groups is 2. The second-order valence-electron chi connectivity index (χ2n) is 7.04. The summed E-state index contributed by atoms with van der Waals surface area (Å²) >= 11 is 0. The van der Waals surface area contributed by atoms with Crippen molar-refractivity contribution in [2.45, 2.75) is 45.4 Å². The molecule has 0 aromatic carbocycles. The molecule has 1 aliphatic carbocycles. The quantitative estimate of drug-likeness (QED) is 0.808. The van der Waals surface area contributed by atoms with E-state index >= 15 is 0 Å². The van der Waals surface area contributed by atoms with Gasteiger partial charge in [-0.3, -0.25) is 14.4 Å². The molecule has 24 heavy (non-hydrogen) atoms. The second kappa shape index (κ2) is 6.79. The van der Waals surface area contributed by atoms with Gasteiger partial charge < -0.3 is 15.0 Å². The van der Waals surface area contributed by atoms with Crippen LogP contribution in [0.2, 0.25) is 0 Å². The lowest BCUT2D eigenvalue weighted by Gasteiger charge is -2.34. The Balaban J connectivity index is 1.82. The van der Waals surface area contributed by atoms with E-state index < -0.39 is 11.9 Å².